The van der Waals surface area contributed by atoms with Crippen molar-refractivity contribution in [2.75, 3.05) is 6.26 Å². The summed E-state index contributed by atoms with van der Waals surface area (Å²) in [6, 6.07) is 13.8. The molecule has 3 aromatic rings. The number of aromatic nitrogens is 3. The molecule has 0 atom stereocenters. The lowest BCUT2D eigenvalue weighted by Gasteiger charge is -2.08. The Kier molecular flexibility index (Phi) is 5.13. The SMILES string of the molecule is CS(=O)(=O)c1cccc(C(=O)NCc2ccc(Cn3cncn3)cc2)c1. The number of carbonyl (C=O) groups excluding carboxylic acids is 1. The van der Waals surface area contributed by atoms with Crippen molar-refractivity contribution in [2.24, 2.45) is 0 Å². The van der Waals surface area contributed by atoms with Crippen LogP contribution in [0.2, 0.25) is 0 Å². The third-order valence-electron chi connectivity index (χ3n) is 3.81. The van der Waals surface area contributed by atoms with Gasteiger partial charge in [-0.05, 0) is 29.3 Å². The van der Waals surface area contributed by atoms with Crippen LogP contribution in [0.1, 0.15) is 21.5 Å². The fraction of sp³-hybridized carbons (Fsp3) is 0.167. The van der Waals surface area contributed by atoms with Crippen LogP contribution >= 0.6 is 0 Å². The maximum atomic E-state index is 12.3. The second-order valence-corrected chi connectivity index (χ2v) is 7.91. The summed E-state index contributed by atoms with van der Waals surface area (Å²) in [4.78, 5) is 16.3. The molecular formula is C18H18N4O3S. The summed E-state index contributed by atoms with van der Waals surface area (Å²) in [6.45, 7) is 0.983. The Balaban J connectivity index is 1.61. The molecule has 0 aliphatic rings. The van der Waals surface area contributed by atoms with E-state index in [0.717, 1.165) is 17.4 Å². The van der Waals surface area contributed by atoms with Gasteiger partial charge in [-0.2, -0.15) is 5.10 Å². The van der Waals surface area contributed by atoms with E-state index >= 15 is 0 Å². The summed E-state index contributed by atoms with van der Waals surface area (Å²) >= 11 is 0. The highest BCUT2D eigenvalue weighted by Crippen LogP contribution is 2.12. The van der Waals surface area contributed by atoms with Crippen molar-refractivity contribution in [1.82, 2.24) is 20.1 Å². The van der Waals surface area contributed by atoms with Crippen LogP contribution in [0.15, 0.2) is 66.1 Å². The van der Waals surface area contributed by atoms with Gasteiger partial charge in [-0.3, -0.25) is 4.79 Å². The molecule has 1 heterocycles. The predicted octanol–water partition coefficient (Wildman–Crippen LogP) is 1.66. The maximum Gasteiger partial charge on any atom is 0.251 e. The predicted molar refractivity (Wildman–Crippen MR) is 96.3 cm³/mol. The molecular weight excluding hydrogens is 352 g/mol. The number of benzene rings is 2. The lowest BCUT2D eigenvalue weighted by atomic mass is 10.1. The Labute approximate surface area is 151 Å². The highest BCUT2D eigenvalue weighted by molar-refractivity contribution is 7.90. The van der Waals surface area contributed by atoms with Crippen LogP contribution in [0, 0.1) is 0 Å². The van der Waals surface area contributed by atoms with Gasteiger partial charge in [-0.15, -0.1) is 0 Å². The number of hydrogen-bond donors (Lipinski definition) is 1. The third kappa shape index (κ3) is 4.54. The minimum Gasteiger partial charge on any atom is -0.348 e. The molecule has 3 rings (SSSR count). The van der Waals surface area contributed by atoms with E-state index in [0.29, 0.717) is 18.7 Å². The molecule has 0 aliphatic carbocycles. The van der Waals surface area contributed by atoms with Gasteiger partial charge in [-0.25, -0.2) is 18.1 Å². The molecule has 0 fully saturated rings. The molecule has 1 aromatic heterocycles. The lowest BCUT2D eigenvalue weighted by molar-refractivity contribution is 0.0950. The highest BCUT2D eigenvalue weighted by atomic mass is 32.2. The zero-order valence-electron chi connectivity index (χ0n) is 14.2. The van der Waals surface area contributed by atoms with Gasteiger partial charge >= 0.3 is 0 Å². The summed E-state index contributed by atoms with van der Waals surface area (Å²) in [6.07, 6.45) is 4.26. The first kappa shape index (κ1) is 17.8. The maximum absolute atomic E-state index is 12.3. The summed E-state index contributed by atoms with van der Waals surface area (Å²) < 4.78 is 24.9. The molecule has 1 N–H and O–H groups in total. The first-order valence-corrected chi connectivity index (χ1v) is 9.79. The Hall–Kier alpha value is -3.00. The van der Waals surface area contributed by atoms with Crippen molar-refractivity contribution >= 4 is 15.7 Å². The fourth-order valence-electron chi connectivity index (χ4n) is 2.42. The number of carbonyl (C=O) groups is 1. The number of sulfone groups is 1. The van der Waals surface area contributed by atoms with Crippen molar-refractivity contribution in [3.63, 3.8) is 0 Å². The Morgan fingerprint density at radius 1 is 1.12 bits per heavy atom. The molecule has 0 unspecified atom stereocenters. The normalized spacial score (nSPS) is 11.3. The van der Waals surface area contributed by atoms with Crippen LogP contribution in [-0.2, 0) is 22.9 Å². The molecule has 8 heteroatoms. The van der Waals surface area contributed by atoms with E-state index in [1.54, 1.807) is 23.1 Å². The first-order chi connectivity index (χ1) is 12.4. The van der Waals surface area contributed by atoms with E-state index in [-0.39, 0.29) is 10.8 Å². The minimum atomic E-state index is -3.34. The molecule has 134 valence electrons. The molecule has 2 aromatic carbocycles. The van der Waals surface area contributed by atoms with E-state index in [1.807, 2.05) is 24.3 Å². The second-order valence-electron chi connectivity index (χ2n) is 5.89. The Bertz CT molecular complexity index is 997. The number of nitrogens with zero attached hydrogens (tertiary/aromatic N) is 3. The monoisotopic (exact) mass is 370 g/mol. The molecule has 0 spiro atoms. The zero-order chi connectivity index (χ0) is 18.6. The van der Waals surface area contributed by atoms with Gasteiger partial charge in [-0.1, -0.05) is 30.3 Å². The smallest absolute Gasteiger partial charge is 0.251 e. The second kappa shape index (κ2) is 7.49. The van der Waals surface area contributed by atoms with Crippen molar-refractivity contribution < 1.29 is 13.2 Å². The van der Waals surface area contributed by atoms with E-state index in [9.17, 15) is 13.2 Å². The molecule has 26 heavy (non-hydrogen) atoms. The van der Waals surface area contributed by atoms with Crippen LogP contribution in [0.3, 0.4) is 0 Å². The minimum absolute atomic E-state index is 0.127. The number of hydrogen-bond acceptors (Lipinski definition) is 5. The van der Waals surface area contributed by atoms with E-state index in [4.69, 9.17) is 0 Å². The zero-order valence-corrected chi connectivity index (χ0v) is 15.0. The van der Waals surface area contributed by atoms with Gasteiger partial charge in [0.2, 0.25) is 0 Å². The Morgan fingerprint density at radius 2 is 1.85 bits per heavy atom. The highest BCUT2D eigenvalue weighted by Gasteiger charge is 2.11. The van der Waals surface area contributed by atoms with Crippen molar-refractivity contribution in [3.8, 4) is 0 Å². The van der Waals surface area contributed by atoms with Crippen molar-refractivity contribution in [1.29, 1.82) is 0 Å². The topological polar surface area (TPSA) is 94.0 Å². The summed E-state index contributed by atoms with van der Waals surface area (Å²) in [5, 5.41) is 6.85. The van der Waals surface area contributed by atoms with Crippen LogP contribution in [-0.4, -0.2) is 35.3 Å². The fourth-order valence-corrected chi connectivity index (χ4v) is 3.08. The number of amides is 1. The summed E-state index contributed by atoms with van der Waals surface area (Å²) in [7, 11) is -3.34. The molecule has 0 radical (unpaired) electrons. The first-order valence-electron chi connectivity index (χ1n) is 7.90. The van der Waals surface area contributed by atoms with Gasteiger partial charge in [0, 0.05) is 18.4 Å². The third-order valence-corrected chi connectivity index (χ3v) is 4.92. The largest absolute Gasteiger partial charge is 0.348 e. The van der Waals surface area contributed by atoms with Crippen LogP contribution in [0.25, 0.3) is 0 Å². The molecule has 7 nitrogen and oxygen atoms in total. The standard InChI is InChI=1S/C18H18N4O3S/c1-26(24,25)17-4-2-3-16(9-17)18(23)20-10-14-5-7-15(8-6-14)11-22-13-19-12-21-22/h2-9,12-13H,10-11H2,1H3,(H,20,23). The van der Waals surface area contributed by atoms with Crippen LogP contribution in [0.4, 0.5) is 0 Å². The molecule has 1 amide bonds. The average molecular weight is 370 g/mol. The Morgan fingerprint density at radius 3 is 2.50 bits per heavy atom. The van der Waals surface area contributed by atoms with Gasteiger partial charge < -0.3 is 5.32 Å². The molecule has 0 saturated heterocycles. The average Bonchev–Trinajstić information content (AvgIpc) is 3.13. The number of nitrogens with one attached hydrogen (secondary N) is 1. The van der Waals surface area contributed by atoms with Crippen molar-refractivity contribution in [3.05, 3.63) is 77.9 Å². The van der Waals surface area contributed by atoms with Crippen molar-refractivity contribution in [2.45, 2.75) is 18.0 Å². The quantitative estimate of drug-likeness (QED) is 0.712. The van der Waals surface area contributed by atoms with Gasteiger partial charge in [0.25, 0.3) is 5.91 Å². The molecule has 0 saturated carbocycles. The molecule has 0 bridgehead atoms. The van der Waals surface area contributed by atoms with Crippen LogP contribution < -0.4 is 5.32 Å². The molecule has 0 aliphatic heterocycles. The van der Waals surface area contributed by atoms with Gasteiger partial charge in [0.05, 0.1) is 11.4 Å². The van der Waals surface area contributed by atoms with Crippen LogP contribution in [0.5, 0.6) is 0 Å². The van der Waals surface area contributed by atoms with E-state index in [1.165, 1.54) is 18.5 Å². The van der Waals surface area contributed by atoms with E-state index in [2.05, 4.69) is 15.4 Å². The lowest BCUT2D eigenvalue weighted by Crippen LogP contribution is -2.23. The van der Waals surface area contributed by atoms with Gasteiger partial charge in [0.15, 0.2) is 9.84 Å². The number of rotatable bonds is 6. The van der Waals surface area contributed by atoms with E-state index < -0.39 is 9.84 Å². The summed E-state index contributed by atoms with van der Waals surface area (Å²) in [5.41, 5.74) is 2.34. The summed E-state index contributed by atoms with van der Waals surface area (Å²) in [5.74, 6) is -0.317. The van der Waals surface area contributed by atoms with Gasteiger partial charge in [0.1, 0.15) is 12.7 Å².